The van der Waals surface area contributed by atoms with Gasteiger partial charge in [-0.25, -0.2) is 0 Å². The van der Waals surface area contributed by atoms with E-state index in [1.165, 1.54) is 12.7 Å². The lowest BCUT2D eigenvalue weighted by Gasteiger charge is -1.91. The smallest absolute Gasteiger partial charge is 0.394 e. The van der Waals surface area contributed by atoms with Gasteiger partial charge in [0.2, 0.25) is 0 Å². The van der Waals surface area contributed by atoms with Crippen LogP contribution in [-0.2, 0) is 5.33 Å². The highest BCUT2D eigenvalue weighted by Gasteiger charge is 2.05. The minimum atomic E-state index is 0.307. The van der Waals surface area contributed by atoms with Crippen molar-refractivity contribution in [2.24, 2.45) is 0 Å². The van der Waals surface area contributed by atoms with E-state index in [-0.39, 0.29) is 0 Å². The van der Waals surface area contributed by atoms with Crippen LogP contribution >= 0.6 is 15.9 Å². The zero-order chi connectivity index (χ0) is 9.26. The van der Waals surface area contributed by atoms with Crippen molar-refractivity contribution in [2.45, 2.75) is 5.33 Å². The Labute approximate surface area is 83.8 Å². The number of hydrogen-bond donors (Lipinski definition) is 0. The lowest BCUT2D eigenvalue weighted by Crippen LogP contribution is -1.80. The van der Waals surface area contributed by atoms with Crippen molar-refractivity contribution in [2.75, 3.05) is 7.11 Å². The number of methoxy groups -OCH3 is 1. The first-order valence-electron chi connectivity index (χ1n) is 3.83. The molecule has 0 spiro atoms. The molecule has 68 valence electrons. The van der Waals surface area contributed by atoms with Gasteiger partial charge in [-0.2, -0.15) is 4.98 Å². The van der Waals surface area contributed by atoms with Gasteiger partial charge in [-0.15, -0.1) is 0 Å². The fourth-order valence-electron chi connectivity index (χ4n) is 1.12. The highest BCUT2D eigenvalue weighted by Crippen LogP contribution is 2.21. The maximum atomic E-state index is 5.27. The molecule has 0 saturated heterocycles. The van der Waals surface area contributed by atoms with E-state index in [0.717, 1.165) is 16.4 Å². The molecule has 0 unspecified atom stereocenters. The van der Waals surface area contributed by atoms with Gasteiger partial charge in [0.15, 0.2) is 5.58 Å². The van der Waals surface area contributed by atoms with E-state index >= 15 is 0 Å². The van der Waals surface area contributed by atoms with Crippen LogP contribution in [0.15, 0.2) is 22.6 Å². The largest absolute Gasteiger partial charge is 0.453 e. The first-order chi connectivity index (χ1) is 6.33. The Morgan fingerprint density at radius 1 is 1.54 bits per heavy atom. The van der Waals surface area contributed by atoms with Crippen molar-refractivity contribution >= 4 is 27.0 Å². The average Bonchev–Trinajstić information content (AvgIpc) is 2.58. The Kier molecular flexibility index (Phi) is 2.22. The van der Waals surface area contributed by atoms with Crippen molar-refractivity contribution in [3.63, 3.8) is 0 Å². The summed E-state index contributed by atoms with van der Waals surface area (Å²) in [7, 11) is 1.54. The number of nitrogens with zero attached hydrogens (tertiary/aromatic N) is 1. The van der Waals surface area contributed by atoms with Crippen LogP contribution in [0.4, 0.5) is 0 Å². The minimum absolute atomic E-state index is 0.307. The summed E-state index contributed by atoms with van der Waals surface area (Å²) in [6.45, 7) is 0. The molecule has 2 aromatic rings. The van der Waals surface area contributed by atoms with E-state index in [2.05, 4.69) is 20.9 Å². The van der Waals surface area contributed by atoms with Gasteiger partial charge in [-0.1, -0.05) is 22.0 Å². The standard InChI is InChI=1S/C9H8BrNO2/c1-12-9-11-7-4-6(5-10)2-3-8(7)13-9/h2-4H,5H2,1H3. The Morgan fingerprint density at radius 3 is 3.08 bits per heavy atom. The predicted molar refractivity (Wildman–Crippen MR) is 53.2 cm³/mol. The third kappa shape index (κ3) is 1.54. The SMILES string of the molecule is COc1nc2cc(CBr)ccc2o1. The van der Waals surface area contributed by atoms with Crippen molar-refractivity contribution in [1.29, 1.82) is 0 Å². The zero-order valence-corrected chi connectivity index (χ0v) is 8.67. The maximum absolute atomic E-state index is 5.27. The lowest BCUT2D eigenvalue weighted by atomic mass is 10.2. The third-order valence-electron chi connectivity index (χ3n) is 1.76. The Hall–Kier alpha value is -1.03. The zero-order valence-electron chi connectivity index (χ0n) is 7.08. The summed E-state index contributed by atoms with van der Waals surface area (Å²) in [4.78, 5) is 4.13. The van der Waals surface area contributed by atoms with Crippen LogP contribution in [0, 0.1) is 0 Å². The highest BCUT2D eigenvalue weighted by atomic mass is 79.9. The number of oxazole rings is 1. The molecule has 1 aromatic carbocycles. The van der Waals surface area contributed by atoms with Crippen LogP contribution in [0.1, 0.15) is 5.56 Å². The molecular formula is C9H8BrNO2. The molecule has 0 radical (unpaired) electrons. The average molecular weight is 242 g/mol. The minimum Gasteiger partial charge on any atom is -0.453 e. The van der Waals surface area contributed by atoms with Crippen molar-refractivity contribution in [3.8, 4) is 6.08 Å². The second-order valence-electron chi connectivity index (χ2n) is 2.62. The summed E-state index contributed by atoms with van der Waals surface area (Å²) >= 11 is 3.38. The molecule has 0 aliphatic heterocycles. The number of fused-ring (bicyclic) bond motifs is 1. The molecule has 2 rings (SSSR count). The number of rotatable bonds is 2. The molecule has 1 heterocycles. The van der Waals surface area contributed by atoms with Gasteiger partial charge in [0.1, 0.15) is 5.52 Å². The molecular weight excluding hydrogens is 234 g/mol. The fraction of sp³-hybridized carbons (Fsp3) is 0.222. The van der Waals surface area contributed by atoms with Crippen LogP contribution in [0.25, 0.3) is 11.1 Å². The summed E-state index contributed by atoms with van der Waals surface area (Å²) in [6.07, 6.45) is 0.307. The molecule has 0 amide bonds. The molecule has 4 heteroatoms. The van der Waals surface area contributed by atoms with Gasteiger partial charge >= 0.3 is 6.08 Å². The predicted octanol–water partition coefficient (Wildman–Crippen LogP) is 2.73. The monoisotopic (exact) mass is 241 g/mol. The summed E-state index contributed by atoms with van der Waals surface area (Å²) in [5.74, 6) is 0. The van der Waals surface area contributed by atoms with E-state index < -0.39 is 0 Å². The number of halogens is 1. The molecule has 3 nitrogen and oxygen atoms in total. The van der Waals surface area contributed by atoms with Gasteiger partial charge in [0, 0.05) is 5.33 Å². The molecule has 1 aromatic heterocycles. The summed E-state index contributed by atoms with van der Waals surface area (Å²) in [5.41, 5.74) is 2.75. The molecule has 0 fully saturated rings. The van der Waals surface area contributed by atoms with Crippen LogP contribution in [0.5, 0.6) is 6.08 Å². The van der Waals surface area contributed by atoms with E-state index in [1.807, 2.05) is 18.2 Å². The van der Waals surface area contributed by atoms with Crippen molar-refractivity contribution < 1.29 is 9.15 Å². The summed E-state index contributed by atoms with van der Waals surface area (Å²) < 4.78 is 10.2. The topological polar surface area (TPSA) is 35.3 Å². The van der Waals surface area contributed by atoms with E-state index in [1.54, 1.807) is 0 Å². The van der Waals surface area contributed by atoms with E-state index in [4.69, 9.17) is 9.15 Å². The van der Waals surface area contributed by atoms with Crippen LogP contribution in [-0.4, -0.2) is 12.1 Å². The molecule has 13 heavy (non-hydrogen) atoms. The first kappa shape index (κ1) is 8.56. The van der Waals surface area contributed by atoms with Gasteiger partial charge in [-0.05, 0) is 17.7 Å². The molecule has 0 bridgehead atoms. The fourth-order valence-corrected chi connectivity index (χ4v) is 1.47. The van der Waals surface area contributed by atoms with Crippen LogP contribution < -0.4 is 4.74 Å². The number of hydrogen-bond acceptors (Lipinski definition) is 3. The number of alkyl halides is 1. The van der Waals surface area contributed by atoms with Crippen molar-refractivity contribution in [1.82, 2.24) is 4.98 Å². The normalized spacial score (nSPS) is 10.6. The molecule has 0 aliphatic carbocycles. The number of ether oxygens (including phenoxy) is 1. The second kappa shape index (κ2) is 3.38. The van der Waals surface area contributed by atoms with Crippen LogP contribution in [0.3, 0.4) is 0 Å². The third-order valence-corrected chi connectivity index (χ3v) is 2.41. The maximum Gasteiger partial charge on any atom is 0.394 e. The second-order valence-corrected chi connectivity index (χ2v) is 3.18. The molecule has 0 aliphatic rings. The van der Waals surface area contributed by atoms with Crippen molar-refractivity contribution in [3.05, 3.63) is 23.8 Å². The van der Waals surface area contributed by atoms with Crippen LogP contribution in [0.2, 0.25) is 0 Å². The Morgan fingerprint density at radius 2 is 2.38 bits per heavy atom. The summed E-state index contributed by atoms with van der Waals surface area (Å²) in [5, 5.41) is 0.818. The molecule has 0 atom stereocenters. The van der Waals surface area contributed by atoms with Gasteiger partial charge in [0.05, 0.1) is 7.11 Å². The van der Waals surface area contributed by atoms with Gasteiger partial charge < -0.3 is 9.15 Å². The Balaban J connectivity index is 2.57. The quantitative estimate of drug-likeness (QED) is 0.759. The highest BCUT2D eigenvalue weighted by molar-refractivity contribution is 9.08. The van der Waals surface area contributed by atoms with Gasteiger partial charge in [0.25, 0.3) is 0 Å². The number of benzene rings is 1. The lowest BCUT2D eigenvalue weighted by molar-refractivity contribution is 0.299. The Bertz CT molecular complexity index is 422. The molecule has 0 N–H and O–H groups in total. The first-order valence-corrected chi connectivity index (χ1v) is 4.95. The van der Waals surface area contributed by atoms with E-state index in [0.29, 0.717) is 6.08 Å². The number of aromatic nitrogens is 1. The van der Waals surface area contributed by atoms with E-state index in [9.17, 15) is 0 Å². The van der Waals surface area contributed by atoms with Gasteiger partial charge in [-0.3, -0.25) is 0 Å². The summed E-state index contributed by atoms with van der Waals surface area (Å²) in [6, 6.07) is 5.85. The molecule has 0 saturated carbocycles.